The van der Waals surface area contributed by atoms with Crippen molar-refractivity contribution >= 4 is 50.7 Å². The van der Waals surface area contributed by atoms with Gasteiger partial charge in [0.1, 0.15) is 12.6 Å². The number of anilines is 1. The number of aryl methyl sites for hydroxylation is 1. The van der Waals surface area contributed by atoms with Crippen molar-refractivity contribution in [3.05, 3.63) is 93.5 Å². The minimum Gasteiger partial charge on any atom is -0.352 e. The summed E-state index contributed by atoms with van der Waals surface area (Å²) in [6, 6.07) is 13.9. The number of rotatable bonds is 10. The third-order valence-corrected chi connectivity index (χ3v) is 9.89. The highest BCUT2D eigenvalue weighted by molar-refractivity contribution is 7.92. The summed E-state index contributed by atoms with van der Waals surface area (Å²) in [5.74, 6) is -1.23. The Labute approximate surface area is 265 Å². The molecule has 0 bridgehead atoms. The molecule has 0 aliphatic heterocycles. The van der Waals surface area contributed by atoms with Crippen LogP contribution >= 0.6 is 23.2 Å². The summed E-state index contributed by atoms with van der Waals surface area (Å²) in [5, 5.41) is 2.72. The molecule has 0 spiro atoms. The molecule has 4 rings (SSSR count). The van der Waals surface area contributed by atoms with Crippen molar-refractivity contribution in [2.45, 2.75) is 69.2 Å². The summed E-state index contributed by atoms with van der Waals surface area (Å²) >= 11 is 12.0. The van der Waals surface area contributed by atoms with E-state index in [1.54, 1.807) is 31.2 Å². The van der Waals surface area contributed by atoms with Crippen LogP contribution in [0.3, 0.4) is 0 Å². The Morgan fingerprint density at radius 3 is 2.27 bits per heavy atom. The number of sulfonamides is 1. The molecule has 1 atom stereocenters. The molecular weight excluding hydrogens is 638 g/mol. The molecule has 1 unspecified atom stereocenters. The number of halogens is 5. The lowest BCUT2D eigenvalue weighted by atomic mass is 10.1. The van der Waals surface area contributed by atoms with Gasteiger partial charge in [-0.05, 0) is 74.7 Å². The number of hydrogen-bond acceptors (Lipinski definition) is 4. The lowest BCUT2D eigenvalue weighted by molar-refractivity contribution is -0.139. The SMILES string of the molecule is Cc1ccc(S(=O)(=O)N(CC(=O)N(Cc2cccc(Cl)c2)C(C)C(=O)NC2CCCC2)c2ccc(Cl)c(C(F)(F)F)c2)cc1. The maximum Gasteiger partial charge on any atom is 0.417 e. The first-order valence-corrected chi connectivity index (χ1v) is 16.2. The molecule has 1 N–H and O–H groups in total. The van der Waals surface area contributed by atoms with Crippen molar-refractivity contribution in [1.29, 1.82) is 0 Å². The second-order valence-corrected chi connectivity index (χ2v) is 13.5. The van der Waals surface area contributed by atoms with Gasteiger partial charge in [0.2, 0.25) is 11.8 Å². The maximum atomic E-state index is 14.0. The summed E-state index contributed by atoms with van der Waals surface area (Å²) in [4.78, 5) is 28.3. The van der Waals surface area contributed by atoms with Gasteiger partial charge in [0.25, 0.3) is 10.0 Å². The molecule has 13 heteroatoms. The molecule has 1 saturated carbocycles. The molecular formula is C31H32Cl2F3N3O4S. The number of carbonyl (C=O) groups is 2. The van der Waals surface area contributed by atoms with Gasteiger partial charge in [-0.1, -0.05) is 65.9 Å². The normalized spacial score (nSPS) is 14.7. The van der Waals surface area contributed by atoms with Gasteiger partial charge in [-0.15, -0.1) is 0 Å². The molecule has 44 heavy (non-hydrogen) atoms. The number of benzene rings is 3. The zero-order valence-corrected chi connectivity index (χ0v) is 26.4. The van der Waals surface area contributed by atoms with Crippen molar-refractivity contribution in [2.24, 2.45) is 0 Å². The summed E-state index contributed by atoms with van der Waals surface area (Å²) in [5.41, 5.74) is -0.341. The van der Waals surface area contributed by atoms with Gasteiger partial charge >= 0.3 is 6.18 Å². The molecule has 236 valence electrons. The maximum absolute atomic E-state index is 14.0. The highest BCUT2D eigenvalue weighted by Crippen LogP contribution is 2.38. The molecule has 0 heterocycles. The minimum atomic E-state index is -4.89. The van der Waals surface area contributed by atoms with Crippen LogP contribution < -0.4 is 9.62 Å². The van der Waals surface area contributed by atoms with Crippen molar-refractivity contribution < 1.29 is 31.2 Å². The average Bonchev–Trinajstić information content (AvgIpc) is 3.47. The number of carbonyl (C=O) groups excluding carboxylic acids is 2. The quantitative estimate of drug-likeness (QED) is 0.252. The first-order chi connectivity index (χ1) is 20.7. The third kappa shape index (κ3) is 8.05. The van der Waals surface area contributed by atoms with Crippen LogP contribution in [0.15, 0.2) is 71.6 Å². The van der Waals surface area contributed by atoms with E-state index in [1.165, 1.54) is 36.1 Å². The molecule has 0 aromatic heterocycles. The van der Waals surface area contributed by atoms with Crippen LogP contribution in [0.25, 0.3) is 0 Å². The minimum absolute atomic E-state index is 0.0404. The topological polar surface area (TPSA) is 86.8 Å². The first-order valence-electron chi connectivity index (χ1n) is 14.0. The Morgan fingerprint density at radius 2 is 1.66 bits per heavy atom. The van der Waals surface area contributed by atoms with E-state index in [0.717, 1.165) is 43.4 Å². The number of nitrogens with zero attached hydrogens (tertiary/aromatic N) is 2. The second-order valence-electron chi connectivity index (χ2n) is 10.8. The molecule has 3 aromatic carbocycles. The van der Waals surface area contributed by atoms with E-state index in [1.807, 2.05) is 0 Å². The van der Waals surface area contributed by atoms with Gasteiger partial charge in [0.05, 0.1) is 21.2 Å². The Morgan fingerprint density at radius 1 is 1.00 bits per heavy atom. The lowest BCUT2D eigenvalue weighted by Gasteiger charge is -2.32. The fourth-order valence-corrected chi connectivity index (χ4v) is 6.90. The van der Waals surface area contributed by atoms with E-state index in [-0.39, 0.29) is 17.5 Å². The monoisotopic (exact) mass is 669 g/mol. The molecule has 0 saturated heterocycles. The van der Waals surface area contributed by atoms with Crippen LogP contribution in [0.5, 0.6) is 0 Å². The molecule has 1 aliphatic carbocycles. The zero-order valence-electron chi connectivity index (χ0n) is 24.1. The fraction of sp³-hybridized carbons (Fsp3) is 0.355. The lowest BCUT2D eigenvalue weighted by Crippen LogP contribution is -2.52. The molecule has 1 aliphatic rings. The Hall–Kier alpha value is -3.28. The fourth-order valence-electron chi connectivity index (χ4n) is 5.06. The van der Waals surface area contributed by atoms with Gasteiger partial charge in [0.15, 0.2) is 0 Å². The number of hydrogen-bond donors (Lipinski definition) is 1. The van der Waals surface area contributed by atoms with E-state index in [2.05, 4.69) is 5.32 Å². The summed E-state index contributed by atoms with van der Waals surface area (Å²) in [6.45, 7) is 2.27. The smallest absolute Gasteiger partial charge is 0.352 e. The average molecular weight is 671 g/mol. The van der Waals surface area contributed by atoms with Crippen LogP contribution in [0.4, 0.5) is 18.9 Å². The molecule has 0 radical (unpaired) electrons. The van der Waals surface area contributed by atoms with Crippen molar-refractivity contribution in [3.63, 3.8) is 0 Å². The number of nitrogens with one attached hydrogen (secondary N) is 1. The highest BCUT2D eigenvalue weighted by Gasteiger charge is 2.37. The van der Waals surface area contributed by atoms with Gasteiger partial charge in [-0.25, -0.2) is 8.42 Å². The summed E-state index contributed by atoms with van der Waals surface area (Å²) in [7, 11) is -4.56. The Balaban J connectivity index is 1.76. The van der Waals surface area contributed by atoms with Gasteiger partial charge in [-0.3, -0.25) is 13.9 Å². The predicted octanol–water partition coefficient (Wildman–Crippen LogP) is 6.99. The third-order valence-electron chi connectivity index (χ3n) is 7.54. The van der Waals surface area contributed by atoms with E-state index in [4.69, 9.17) is 23.2 Å². The first kappa shape index (κ1) is 33.6. The molecule has 7 nitrogen and oxygen atoms in total. The number of amides is 2. The second kappa shape index (κ2) is 13.8. The molecule has 2 amide bonds. The van der Waals surface area contributed by atoms with Crippen LogP contribution in [0, 0.1) is 6.92 Å². The van der Waals surface area contributed by atoms with E-state index >= 15 is 0 Å². The van der Waals surface area contributed by atoms with Crippen LogP contribution in [-0.4, -0.2) is 43.8 Å². The van der Waals surface area contributed by atoms with Crippen LogP contribution in [0.2, 0.25) is 10.0 Å². The van der Waals surface area contributed by atoms with Crippen molar-refractivity contribution in [3.8, 4) is 0 Å². The van der Waals surface area contributed by atoms with Gasteiger partial charge < -0.3 is 10.2 Å². The molecule has 3 aromatic rings. The van der Waals surface area contributed by atoms with Crippen LogP contribution in [0.1, 0.15) is 49.3 Å². The van der Waals surface area contributed by atoms with E-state index < -0.39 is 56.9 Å². The van der Waals surface area contributed by atoms with Crippen molar-refractivity contribution in [1.82, 2.24) is 10.2 Å². The Kier molecular flexibility index (Phi) is 10.5. The van der Waals surface area contributed by atoms with E-state index in [9.17, 15) is 31.2 Å². The summed E-state index contributed by atoms with van der Waals surface area (Å²) in [6.07, 6.45) is -1.33. The zero-order chi connectivity index (χ0) is 32.2. The van der Waals surface area contributed by atoms with Gasteiger partial charge in [0, 0.05) is 17.6 Å². The van der Waals surface area contributed by atoms with Gasteiger partial charge in [-0.2, -0.15) is 13.2 Å². The number of alkyl halides is 3. The highest BCUT2D eigenvalue weighted by atomic mass is 35.5. The standard InChI is InChI=1S/C31H32Cl2F3N3O4S/c1-20-10-13-26(14-11-20)44(42,43)39(25-12-15-28(33)27(17-25)31(34,35)36)19-29(40)38(18-22-6-5-7-23(32)16-22)21(2)30(41)37-24-8-3-4-9-24/h5-7,10-17,21,24H,3-4,8-9,18-19H2,1-2H3,(H,37,41). The largest absolute Gasteiger partial charge is 0.417 e. The predicted molar refractivity (Wildman–Crippen MR) is 164 cm³/mol. The van der Waals surface area contributed by atoms with Crippen molar-refractivity contribution in [2.75, 3.05) is 10.8 Å². The van der Waals surface area contributed by atoms with E-state index in [0.29, 0.717) is 21.0 Å². The Bertz CT molecular complexity index is 1610. The van der Waals surface area contributed by atoms with Crippen LogP contribution in [-0.2, 0) is 32.3 Å². The molecule has 1 fully saturated rings. The summed E-state index contributed by atoms with van der Waals surface area (Å²) < 4.78 is 69.9.